The molecule has 0 spiro atoms. The van der Waals surface area contributed by atoms with Gasteiger partial charge >= 0.3 is 5.97 Å². The maximum absolute atomic E-state index is 10.9. The molecule has 70 valence electrons. The Hall–Kier alpha value is -1.58. The largest absolute Gasteiger partial charge is 0.463 e. The van der Waals surface area contributed by atoms with E-state index < -0.39 is 0 Å². The fraction of sp³-hybridized carbons (Fsp3) is 0.333. The van der Waals surface area contributed by atoms with Gasteiger partial charge in [-0.05, 0) is 13.0 Å². The number of hydrogen-bond acceptors (Lipinski definition) is 4. The quantitative estimate of drug-likeness (QED) is 0.524. The third-order valence-corrected chi connectivity index (χ3v) is 1.31. The van der Waals surface area contributed by atoms with Crippen LogP contribution in [0.4, 0.5) is 0 Å². The number of ether oxygens (including phenoxy) is 1. The summed E-state index contributed by atoms with van der Waals surface area (Å²) in [5.41, 5.74) is 0. The Bertz CT molecular complexity index is 314. The minimum Gasteiger partial charge on any atom is -0.463 e. The molecule has 0 saturated heterocycles. The summed E-state index contributed by atoms with van der Waals surface area (Å²) in [5.74, 6) is 0.741. The van der Waals surface area contributed by atoms with Crippen molar-refractivity contribution in [2.45, 2.75) is 13.8 Å². The molecular formula is C9H11NO3. The topological polar surface area (TPSA) is 52.3 Å². The van der Waals surface area contributed by atoms with Crippen LogP contribution in [0.3, 0.4) is 0 Å². The van der Waals surface area contributed by atoms with Crippen molar-refractivity contribution in [3.05, 3.63) is 23.9 Å². The number of rotatable bonds is 3. The molecule has 0 N–H and O–H groups in total. The lowest BCUT2D eigenvalue weighted by Gasteiger charge is -1.92. The van der Waals surface area contributed by atoms with E-state index >= 15 is 0 Å². The Labute approximate surface area is 76.2 Å². The highest BCUT2D eigenvalue weighted by atomic mass is 16.5. The summed E-state index contributed by atoms with van der Waals surface area (Å²) in [6, 6.07) is 0. The summed E-state index contributed by atoms with van der Waals surface area (Å²) >= 11 is 0. The summed E-state index contributed by atoms with van der Waals surface area (Å²) < 4.78 is 9.79. The molecule has 0 bridgehead atoms. The van der Waals surface area contributed by atoms with E-state index in [2.05, 4.69) is 9.72 Å². The van der Waals surface area contributed by atoms with Crippen LogP contribution in [0.2, 0.25) is 0 Å². The number of carbonyl (C=O) groups excluding carboxylic acids is 1. The summed E-state index contributed by atoms with van der Waals surface area (Å²) in [6.45, 7) is 3.87. The van der Waals surface area contributed by atoms with E-state index in [4.69, 9.17) is 4.42 Å². The highest BCUT2D eigenvalue weighted by molar-refractivity contribution is 5.86. The average Bonchev–Trinajstić information content (AvgIpc) is 2.49. The Balaban J connectivity index is 2.53. The number of carbonyl (C=O) groups is 1. The molecule has 0 atom stereocenters. The molecule has 0 amide bonds. The minimum absolute atomic E-state index is 0.374. The molecule has 0 saturated carbocycles. The minimum atomic E-state index is -0.378. The van der Waals surface area contributed by atoms with Gasteiger partial charge in [0.1, 0.15) is 5.76 Å². The van der Waals surface area contributed by atoms with Crippen molar-refractivity contribution in [1.82, 2.24) is 4.98 Å². The SMILES string of the molecule is CCOC(=O)/C=C/c1cnc(C)o1. The van der Waals surface area contributed by atoms with Gasteiger partial charge in [0.15, 0.2) is 5.89 Å². The monoisotopic (exact) mass is 181 g/mol. The van der Waals surface area contributed by atoms with Gasteiger partial charge in [0.25, 0.3) is 0 Å². The molecule has 0 radical (unpaired) electrons. The van der Waals surface area contributed by atoms with E-state index in [1.807, 2.05) is 0 Å². The van der Waals surface area contributed by atoms with Gasteiger partial charge in [0.05, 0.1) is 12.8 Å². The Morgan fingerprint density at radius 3 is 3.08 bits per heavy atom. The zero-order valence-electron chi connectivity index (χ0n) is 7.61. The number of esters is 1. The first kappa shape index (κ1) is 9.51. The van der Waals surface area contributed by atoms with Gasteiger partial charge in [-0.25, -0.2) is 9.78 Å². The second kappa shape index (κ2) is 4.45. The highest BCUT2D eigenvalue weighted by Gasteiger charge is 1.97. The summed E-state index contributed by atoms with van der Waals surface area (Å²) in [7, 11) is 0. The molecule has 1 rings (SSSR count). The Morgan fingerprint density at radius 1 is 1.77 bits per heavy atom. The normalized spacial score (nSPS) is 10.6. The smallest absolute Gasteiger partial charge is 0.330 e. The molecule has 0 fully saturated rings. The highest BCUT2D eigenvalue weighted by Crippen LogP contribution is 2.03. The second-order valence-electron chi connectivity index (χ2n) is 2.37. The van der Waals surface area contributed by atoms with E-state index in [9.17, 15) is 4.79 Å². The van der Waals surface area contributed by atoms with Crippen LogP contribution in [0.25, 0.3) is 6.08 Å². The molecule has 0 aliphatic carbocycles. The first-order chi connectivity index (χ1) is 6.22. The molecule has 13 heavy (non-hydrogen) atoms. The number of aryl methyl sites for hydroxylation is 1. The number of aromatic nitrogens is 1. The third-order valence-electron chi connectivity index (χ3n) is 1.31. The van der Waals surface area contributed by atoms with Crippen LogP contribution in [0.5, 0.6) is 0 Å². The van der Waals surface area contributed by atoms with E-state index in [1.54, 1.807) is 20.0 Å². The summed E-state index contributed by atoms with van der Waals surface area (Å²) in [4.78, 5) is 14.7. The first-order valence-corrected chi connectivity index (χ1v) is 3.99. The van der Waals surface area contributed by atoms with Crippen LogP contribution in [-0.2, 0) is 9.53 Å². The van der Waals surface area contributed by atoms with Gasteiger partial charge in [-0.2, -0.15) is 0 Å². The third kappa shape index (κ3) is 3.11. The predicted octanol–water partition coefficient (Wildman–Crippen LogP) is 1.56. The zero-order chi connectivity index (χ0) is 9.68. The van der Waals surface area contributed by atoms with Crippen LogP contribution < -0.4 is 0 Å². The van der Waals surface area contributed by atoms with Crippen LogP contribution in [0.15, 0.2) is 16.7 Å². The van der Waals surface area contributed by atoms with Crippen molar-refractivity contribution in [2.24, 2.45) is 0 Å². The Kier molecular flexibility index (Phi) is 3.25. The van der Waals surface area contributed by atoms with Crippen molar-refractivity contribution >= 4 is 12.0 Å². The lowest BCUT2D eigenvalue weighted by atomic mass is 10.4. The predicted molar refractivity (Wildman–Crippen MR) is 46.9 cm³/mol. The maximum Gasteiger partial charge on any atom is 0.330 e. The first-order valence-electron chi connectivity index (χ1n) is 3.99. The summed E-state index contributed by atoms with van der Waals surface area (Å²) in [5, 5.41) is 0. The van der Waals surface area contributed by atoms with E-state index in [1.165, 1.54) is 12.2 Å². The van der Waals surface area contributed by atoms with E-state index in [0.717, 1.165) is 0 Å². The standard InChI is InChI=1S/C9H11NO3/c1-3-12-9(11)5-4-8-6-10-7(2)13-8/h4-6H,3H2,1-2H3/b5-4+. The van der Waals surface area contributed by atoms with Crippen LogP contribution >= 0.6 is 0 Å². The van der Waals surface area contributed by atoms with Crippen molar-refractivity contribution in [1.29, 1.82) is 0 Å². The second-order valence-corrected chi connectivity index (χ2v) is 2.37. The molecule has 1 aromatic heterocycles. The van der Waals surface area contributed by atoms with Crippen molar-refractivity contribution in [3.63, 3.8) is 0 Å². The Morgan fingerprint density at radius 2 is 2.54 bits per heavy atom. The van der Waals surface area contributed by atoms with Gasteiger partial charge in [-0.3, -0.25) is 0 Å². The van der Waals surface area contributed by atoms with Crippen LogP contribution in [0, 0.1) is 6.92 Å². The van der Waals surface area contributed by atoms with Gasteiger partial charge in [-0.15, -0.1) is 0 Å². The van der Waals surface area contributed by atoms with Gasteiger partial charge < -0.3 is 9.15 Å². The van der Waals surface area contributed by atoms with Gasteiger partial charge in [0.2, 0.25) is 0 Å². The number of oxazole rings is 1. The van der Waals surface area contributed by atoms with Crippen LogP contribution in [0.1, 0.15) is 18.6 Å². The zero-order valence-corrected chi connectivity index (χ0v) is 7.61. The molecule has 1 heterocycles. The van der Waals surface area contributed by atoms with E-state index in [0.29, 0.717) is 18.3 Å². The van der Waals surface area contributed by atoms with Crippen molar-refractivity contribution in [3.8, 4) is 0 Å². The average molecular weight is 181 g/mol. The molecule has 0 unspecified atom stereocenters. The summed E-state index contributed by atoms with van der Waals surface area (Å²) in [6.07, 6.45) is 4.38. The molecule has 0 aromatic carbocycles. The molecule has 1 aromatic rings. The fourth-order valence-corrected chi connectivity index (χ4v) is 0.795. The van der Waals surface area contributed by atoms with E-state index in [-0.39, 0.29) is 5.97 Å². The van der Waals surface area contributed by atoms with Crippen molar-refractivity contribution < 1.29 is 13.9 Å². The van der Waals surface area contributed by atoms with Gasteiger partial charge in [0, 0.05) is 13.0 Å². The molecule has 4 heteroatoms. The number of hydrogen-bond donors (Lipinski definition) is 0. The maximum atomic E-state index is 10.9. The molecule has 0 aliphatic heterocycles. The lowest BCUT2D eigenvalue weighted by Crippen LogP contribution is -1.98. The van der Waals surface area contributed by atoms with Gasteiger partial charge in [-0.1, -0.05) is 0 Å². The fourth-order valence-electron chi connectivity index (χ4n) is 0.795. The number of nitrogens with zero attached hydrogens (tertiary/aromatic N) is 1. The molecule has 4 nitrogen and oxygen atoms in total. The van der Waals surface area contributed by atoms with Crippen LogP contribution in [-0.4, -0.2) is 17.6 Å². The molecular weight excluding hydrogens is 170 g/mol. The molecule has 0 aliphatic rings. The lowest BCUT2D eigenvalue weighted by molar-refractivity contribution is -0.137. The van der Waals surface area contributed by atoms with Crippen molar-refractivity contribution in [2.75, 3.05) is 6.61 Å².